The Morgan fingerprint density at radius 3 is 2.62 bits per heavy atom. The molecule has 3 aromatic rings. The van der Waals surface area contributed by atoms with E-state index < -0.39 is 0 Å². The van der Waals surface area contributed by atoms with Crippen LogP contribution in [0.4, 0.5) is 5.95 Å². The molecule has 0 radical (unpaired) electrons. The van der Waals surface area contributed by atoms with Crippen molar-refractivity contribution >= 4 is 28.5 Å². The van der Waals surface area contributed by atoms with Crippen molar-refractivity contribution in [2.24, 2.45) is 0 Å². The van der Waals surface area contributed by atoms with Gasteiger partial charge in [0.25, 0.3) is 0 Å². The van der Waals surface area contributed by atoms with Crippen molar-refractivity contribution < 1.29 is 5.11 Å². The molecule has 4 rings (SSSR count). The molecule has 0 aliphatic carbocycles. The molecule has 1 aliphatic heterocycles. The number of fused-ring (bicyclic) bond motifs is 1. The highest BCUT2D eigenvalue weighted by Gasteiger charge is 2.17. The number of hydrogen-bond acceptors (Lipinski definition) is 4. The highest BCUT2D eigenvalue weighted by molar-refractivity contribution is 6.30. The maximum absolute atomic E-state index is 10.4. The van der Waals surface area contributed by atoms with Gasteiger partial charge in [-0.2, -0.15) is 0 Å². The zero-order valence-electron chi connectivity index (χ0n) is 13.3. The van der Waals surface area contributed by atoms with Crippen molar-refractivity contribution in [3.63, 3.8) is 0 Å². The molecule has 1 N–H and O–H groups in total. The Kier molecular flexibility index (Phi) is 4.02. The summed E-state index contributed by atoms with van der Waals surface area (Å²) in [6, 6.07) is 7.79. The molecular weight excluding hydrogens is 324 g/mol. The highest BCUT2D eigenvalue weighted by atomic mass is 35.5. The number of rotatable bonds is 4. The molecule has 1 aromatic carbocycles. The van der Waals surface area contributed by atoms with Gasteiger partial charge in [-0.3, -0.25) is 0 Å². The minimum absolute atomic E-state index is 0.229. The van der Waals surface area contributed by atoms with E-state index in [-0.39, 0.29) is 5.88 Å². The maximum Gasteiger partial charge on any atom is 0.225 e. The number of aryl methyl sites for hydroxylation is 2. The summed E-state index contributed by atoms with van der Waals surface area (Å²) >= 11 is 5.91. The highest BCUT2D eigenvalue weighted by Crippen LogP contribution is 2.27. The van der Waals surface area contributed by atoms with E-state index in [0.29, 0.717) is 11.9 Å². The lowest BCUT2D eigenvalue weighted by atomic mass is 10.1. The largest absolute Gasteiger partial charge is 0.494 e. The lowest BCUT2D eigenvalue weighted by Crippen LogP contribution is -2.20. The number of hydrogen-bond donors (Lipinski definition) is 1. The van der Waals surface area contributed by atoms with Gasteiger partial charge in [0.1, 0.15) is 0 Å². The Balaban J connectivity index is 1.56. The molecular formula is C18H19ClN4O. The molecule has 1 aliphatic rings. The van der Waals surface area contributed by atoms with Crippen molar-refractivity contribution in [2.45, 2.75) is 25.8 Å². The van der Waals surface area contributed by atoms with Crippen LogP contribution in [-0.2, 0) is 13.0 Å². The van der Waals surface area contributed by atoms with E-state index in [1.807, 2.05) is 35.0 Å². The number of aromatic hydroxyl groups is 1. The SMILES string of the molecule is Oc1c2cnc(N3CCCC3)nc2cn1CCc1ccc(Cl)cc1. The van der Waals surface area contributed by atoms with Gasteiger partial charge in [-0.25, -0.2) is 9.97 Å². The first kappa shape index (κ1) is 15.3. The maximum atomic E-state index is 10.4. The van der Waals surface area contributed by atoms with Crippen LogP contribution < -0.4 is 4.90 Å². The number of benzene rings is 1. The average Bonchev–Trinajstić information content (AvgIpc) is 3.23. The van der Waals surface area contributed by atoms with Crippen LogP contribution in [-0.4, -0.2) is 32.7 Å². The van der Waals surface area contributed by atoms with Crippen molar-refractivity contribution in [1.82, 2.24) is 14.5 Å². The van der Waals surface area contributed by atoms with Gasteiger partial charge in [0.15, 0.2) is 0 Å². The number of anilines is 1. The lowest BCUT2D eigenvalue weighted by molar-refractivity contribution is 0.422. The summed E-state index contributed by atoms with van der Waals surface area (Å²) in [6.45, 7) is 2.70. The molecule has 1 fully saturated rings. The topological polar surface area (TPSA) is 54.2 Å². The summed E-state index contributed by atoms with van der Waals surface area (Å²) < 4.78 is 1.84. The molecule has 24 heavy (non-hydrogen) atoms. The molecule has 0 atom stereocenters. The third-order valence-corrected chi connectivity index (χ3v) is 4.79. The number of halogens is 1. The summed E-state index contributed by atoms with van der Waals surface area (Å²) in [5.74, 6) is 0.988. The van der Waals surface area contributed by atoms with Crippen LogP contribution in [0.25, 0.3) is 10.9 Å². The van der Waals surface area contributed by atoms with Crippen molar-refractivity contribution in [2.75, 3.05) is 18.0 Å². The molecule has 3 heterocycles. The molecule has 124 valence electrons. The van der Waals surface area contributed by atoms with Crippen molar-refractivity contribution in [3.05, 3.63) is 47.2 Å². The van der Waals surface area contributed by atoms with E-state index >= 15 is 0 Å². The predicted molar refractivity (Wildman–Crippen MR) is 95.8 cm³/mol. The number of aromatic nitrogens is 3. The normalized spacial score (nSPS) is 14.6. The lowest BCUT2D eigenvalue weighted by Gasteiger charge is -2.13. The van der Waals surface area contributed by atoms with Crippen LogP contribution in [0.3, 0.4) is 0 Å². The molecule has 0 spiro atoms. The summed E-state index contributed by atoms with van der Waals surface area (Å²) in [5, 5.41) is 11.9. The van der Waals surface area contributed by atoms with Crippen LogP contribution in [0.5, 0.6) is 5.88 Å². The van der Waals surface area contributed by atoms with E-state index in [2.05, 4.69) is 14.9 Å². The van der Waals surface area contributed by atoms with Gasteiger partial charge < -0.3 is 14.6 Å². The molecule has 0 unspecified atom stereocenters. The first-order valence-corrected chi connectivity index (χ1v) is 8.63. The Hall–Kier alpha value is -2.27. The van der Waals surface area contributed by atoms with Crippen LogP contribution in [0.15, 0.2) is 36.7 Å². The summed E-state index contributed by atoms with van der Waals surface area (Å²) in [7, 11) is 0. The second-order valence-corrected chi connectivity index (χ2v) is 6.62. The van der Waals surface area contributed by atoms with Gasteiger partial charge in [0.2, 0.25) is 11.8 Å². The van der Waals surface area contributed by atoms with Gasteiger partial charge in [0.05, 0.1) is 10.9 Å². The van der Waals surface area contributed by atoms with Crippen LogP contribution in [0, 0.1) is 0 Å². The molecule has 1 saturated heterocycles. The van der Waals surface area contributed by atoms with E-state index in [1.165, 1.54) is 18.4 Å². The van der Waals surface area contributed by atoms with Crippen LogP contribution in [0.2, 0.25) is 5.02 Å². The smallest absolute Gasteiger partial charge is 0.225 e. The molecule has 5 nitrogen and oxygen atoms in total. The summed E-state index contributed by atoms with van der Waals surface area (Å²) in [5.41, 5.74) is 1.97. The van der Waals surface area contributed by atoms with E-state index in [1.54, 1.807) is 6.20 Å². The van der Waals surface area contributed by atoms with Gasteiger partial charge in [0, 0.05) is 37.1 Å². The molecule has 6 heteroatoms. The quantitative estimate of drug-likeness (QED) is 0.786. The van der Waals surface area contributed by atoms with Crippen LogP contribution in [0.1, 0.15) is 18.4 Å². The molecule has 2 aromatic heterocycles. The van der Waals surface area contributed by atoms with E-state index in [4.69, 9.17) is 11.6 Å². The minimum atomic E-state index is 0.229. The fraction of sp³-hybridized carbons (Fsp3) is 0.333. The fourth-order valence-corrected chi connectivity index (χ4v) is 3.29. The Morgan fingerprint density at radius 2 is 1.88 bits per heavy atom. The van der Waals surface area contributed by atoms with Gasteiger partial charge in [-0.05, 0) is 37.0 Å². The fourth-order valence-electron chi connectivity index (χ4n) is 3.16. The zero-order valence-corrected chi connectivity index (χ0v) is 14.1. The second kappa shape index (κ2) is 6.32. The Labute approximate surface area is 145 Å². The van der Waals surface area contributed by atoms with E-state index in [9.17, 15) is 5.11 Å². The van der Waals surface area contributed by atoms with Crippen LogP contribution >= 0.6 is 11.6 Å². The zero-order chi connectivity index (χ0) is 16.5. The first-order chi connectivity index (χ1) is 11.7. The first-order valence-electron chi connectivity index (χ1n) is 8.25. The Bertz CT molecular complexity index is 853. The average molecular weight is 343 g/mol. The van der Waals surface area contributed by atoms with Crippen molar-refractivity contribution in [1.29, 1.82) is 0 Å². The standard InChI is InChI=1S/C18H19ClN4O/c19-14-5-3-13(4-6-14)7-10-23-12-16-15(17(23)24)11-20-18(21-16)22-8-1-2-9-22/h3-6,11-12,24H,1-2,7-10H2. The van der Waals surface area contributed by atoms with Gasteiger partial charge in [-0.15, -0.1) is 0 Å². The minimum Gasteiger partial charge on any atom is -0.494 e. The van der Waals surface area contributed by atoms with Crippen molar-refractivity contribution in [3.8, 4) is 5.88 Å². The monoisotopic (exact) mass is 342 g/mol. The molecule has 0 amide bonds. The number of nitrogens with zero attached hydrogens (tertiary/aromatic N) is 4. The summed E-state index contributed by atoms with van der Waals surface area (Å²) in [6.07, 6.45) is 6.83. The molecule has 0 bridgehead atoms. The van der Waals surface area contributed by atoms with Gasteiger partial charge in [-0.1, -0.05) is 23.7 Å². The molecule has 0 saturated carbocycles. The summed E-state index contributed by atoms with van der Waals surface area (Å²) in [4.78, 5) is 11.2. The van der Waals surface area contributed by atoms with Gasteiger partial charge >= 0.3 is 0 Å². The second-order valence-electron chi connectivity index (χ2n) is 6.19. The third-order valence-electron chi connectivity index (χ3n) is 4.54. The van der Waals surface area contributed by atoms with E-state index in [0.717, 1.165) is 36.0 Å². The Morgan fingerprint density at radius 1 is 1.12 bits per heavy atom. The predicted octanol–water partition coefficient (Wildman–Crippen LogP) is 3.63. The third kappa shape index (κ3) is 2.91.